The Morgan fingerprint density at radius 1 is 1.33 bits per heavy atom. The van der Waals surface area contributed by atoms with Gasteiger partial charge in [0.1, 0.15) is 0 Å². The molecular weight excluding hydrogens is 247 g/mol. The highest BCUT2D eigenvalue weighted by Crippen LogP contribution is 2.30. The Hall–Kier alpha value is -1.85. The average molecular weight is 257 g/mol. The molecule has 0 N–H and O–H groups in total. The van der Waals surface area contributed by atoms with Gasteiger partial charge in [-0.1, -0.05) is 17.3 Å². The van der Waals surface area contributed by atoms with Gasteiger partial charge in [0, 0.05) is 6.42 Å². The third-order valence-electron chi connectivity index (χ3n) is 2.68. The smallest absolute Gasteiger partial charge is 0.381 e. The van der Waals surface area contributed by atoms with Gasteiger partial charge in [-0.3, -0.25) is 4.79 Å². The zero-order valence-electron chi connectivity index (χ0n) is 9.49. The minimum Gasteiger partial charge on any atom is -0.381 e. The van der Waals surface area contributed by atoms with E-state index in [1.807, 2.05) is 0 Å². The lowest BCUT2D eigenvalue weighted by molar-refractivity contribution is -0.137. The lowest BCUT2D eigenvalue weighted by Gasteiger charge is -2.11. The molecule has 1 aliphatic heterocycles. The number of hydrogen-bond acceptors (Lipinski definition) is 3. The van der Waals surface area contributed by atoms with Crippen molar-refractivity contribution < 1.29 is 22.8 Å². The van der Waals surface area contributed by atoms with E-state index in [4.69, 9.17) is 4.84 Å². The molecule has 0 bridgehead atoms. The summed E-state index contributed by atoms with van der Waals surface area (Å²) in [5.41, 5.74) is -0.742. The van der Waals surface area contributed by atoms with E-state index in [2.05, 4.69) is 5.16 Å². The van der Waals surface area contributed by atoms with Crippen molar-refractivity contribution in [2.75, 3.05) is 0 Å². The molecule has 1 aliphatic rings. The molecule has 1 aromatic rings. The maximum atomic E-state index is 12.4. The fourth-order valence-corrected chi connectivity index (χ4v) is 1.63. The molecule has 2 rings (SSSR count). The van der Waals surface area contributed by atoms with Gasteiger partial charge in [-0.2, -0.15) is 13.2 Å². The van der Waals surface area contributed by atoms with Crippen molar-refractivity contribution in [3.8, 4) is 0 Å². The molecular formula is C12H10F3NO2. The molecule has 0 aliphatic carbocycles. The molecule has 1 atom stereocenters. The predicted molar refractivity (Wildman–Crippen MR) is 58.2 cm³/mol. The molecule has 96 valence electrons. The minimum absolute atomic E-state index is 0.252. The zero-order chi connectivity index (χ0) is 13.4. The van der Waals surface area contributed by atoms with Gasteiger partial charge in [-0.15, -0.1) is 0 Å². The number of aldehydes is 1. The number of nitrogens with zero attached hydrogens (tertiary/aromatic N) is 1. The van der Waals surface area contributed by atoms with Crippen molar-refractivity contribution in [1.29, 1.82) is 0 Å². The van der Waals surface area contributed by atoms with Gasteiger partial charge >= 0.3 is 6.18 Å². The van der Waals surface area contributed by atoms with Crippen LogP contribution in [0.5, 0.6) is 0 Å². The minimum atomic E-state index is -4.36. The number of carbonyl (C=O) groups excluding carboxylic acids is 1. The Bertz CT molecular complexity index is 493. The van der Waals surface area contributed by atoms with Crippen LogP contribution in [0.3, 0.4) is 0 Å². The fraction of sp³-hybridized carbons (Fsp3) is 0.333. The number of oxime groups is 1. The van der Waals surface area contributed by atoms with E-state index in [0.717, 1.165) is 12.1 Å². The molecule has 6 heteroatoms. The van der Waals surface area contributed by atoms with Crippen LogP contribution in [0.2, 0.25) is 0 Å². The maximum Gasteiger partial charge on any atom is 0.416 e. The van der Waals surface area contributed by atoms with Gasteiger partial charge in [0.05, 0.1) is 11.3 Å². The predicted octanol–water partition coefficient (Wildman–Crippen LogP) is 2.79. The Morgan fingerprint density at radius 3 is 2.39 bits per heavy atom. The van der Waals surface area contributed by atoms with E-state index in [0.29, 0.717) is 17.6 Å². The van der Waals surface area contributed by atoms with Crippen molar-refractivity contribution in [1.82, 2.24) is 0 Å². The van der Waals surface area contributed by atoms with E-state index in [-0.39, 0.29) is 6.42 Å². The van der Waals surface area contributed by atoms with Crippen LogP contribution in [0.15, 0.2) is 29.4 Å². The van der Waals surface area contributed by atoms with Crippen molar-refractivity contribution in [3.63, 3.8) is 0 Å². The number of hydrogen-bond donors (Lipinski definition) is 0. The summed E-state index contributed by atoms with van der Waals surface area (Å²) in [5.74, 6) is 0. The molecule has 1 aromatic carbocycles. The van der Waals surface area contributed by atoms with Crippen LogP contribution in [0.25, 0.3) is 0 Å². The first kappa shape index (κ1) is 12.6. The molecule has 18 heavy (non-hydrogen) atoms. The third-order valence-corrected chi connectivity index (χ3v) is 2.68. The lowest BCUT2D eigenvalue weighted by atomic mass is 9.97. The summed E-state index contributed by atoms with van der Waals surface area (Å²) in [7, 11) is 0. The molecule has 0 amide bonds. The maximum absolute atomic E-state index is 12.4. The van der Waals surface area contributed by atoms with E-state index in [1.54, 1.807) is 6.92 Å². The molecule has 0 radical (unpaired) electrons. The first-order valence-electron chi connectivity index (χ1n) is 5.23. The average Bonchev–Trinajstić information content (AvgIpc) is 2.72. The van der Waals surface area contributed by atoms with Crippen LogP contribution < -0.4 is 0 Å². The van der Waals surface area contributed by atoms with E-state index < -0.39 is 17.3 Å². The summed E-state index contributed by atoms with van der Waals surface area (Å²) in [6.07, 6.45) is -3.47. The second-order valence-electron chi connectivity index (χ2n) is 4.31. The van der Waals surface area contributed by atoms with Crippen LogP contribution in [0.1, 0.15) is 24.5 Å². The van der Waals surface area contributed by atoms with Gasteiger partial charge in [-0.05, 0) is 24.6 Å². The number of rotatable bonds is 2. The summed E-state index contributed by atoms with van der Waals surface area (Å²) >= 11 is 0. The Morgan fingerprint density at radius 2 is 1.94 bits per heavy atom. The molecule has 1 heterocycles. The normalized spacial score (nSPS) is 23.4. The quantitative estimate of drug-likeness (QED) is 0.764. The van der Waals surface area contributed by atoms with Crippen molar-refractivity contribution in [3.05, 3.63) is 35.4 Å². The highest BCUT2D eigenvalue weighted by atomic mass is 19.4. The van der Waals surface area contributed by atoms with Crippen LogP contribution in [-0.4, -0.2) is 17.6 Å². The zero-order valence-corrected chi connectivity index (χ0v) is 9.49. The molecule has 0 fully saturated rings. The van der Waals surface area contributed by atoms with Crippen LogP contribution in [-0.2, 0) is 15.8 Å². The second kappa shape index (κ2) is 4.12. The number of alkyl halides is 3. The molecule has 0 aromatic heterocycles. The molecule has 0 spiro atoms. The van der Waals surface area contributed by atoms with Gasteiger partial charge in [-0.25, -0.2) is 0 Å². The van der Waals surface area contributed by atoms with Gasteiger partial charge in [0.15, 0.2) is 11.9 Å². The Kier molecular flexibility index (Phi) is 2.88. The van der Waals surface area contributed by atoms with Crippen molar-refractivity contribution in [2.45, 2.75) is 25.1 Å². The largest absolute Gasteiger partial charge is 0.416 e. The highest BCUT2D eigenvalue weighted by molar-refractivity contribution is 6.03. The summed E-state index contributed by atoms with van der Waals surface area (Å²) in [6.45, 7) is 1.57. The van der Waals surface area contributed by atoms with Crippen molar-refractivity contribution >= 4 is 12.0 Å². The van der Waals surface area contributed by atoms with E-state index >= 15 is 0 Å². The number of halogens is 3. The molecule has 0 unspecified atom stereocenters. The summed E-state index contributed by atoms with van der Waals surface area (Å²) < 4.78 is 37.1. The van der Waals surface area contributed by atoms with Gasteiger partial charge in [0.2, 0.25) is 0 Å². The highest BCUT2D eigenvalue weighted by Gasteiger charge is 2.35. The second-order valence-corrected chi connectivity index (χ2v) is 4.31. The van der Waals surface area contributed by atoms with Gasteiger partial charge in [0.25, 0.3) is 0 Å². The molecule has 3 nitrogen and oxygen atoms in total. The topological polar surface area (TPSA) is 38.7 Å². The summed E-state index contributed by atoms with van der Waals surface area (Å²) in [5, 5.41) is 3.73. The SMILES string of the molecule is C[C@@]1(C=O)CC(c2ccc(C(F)(F)F)cc2)=NO1. The molecule has 0 saturated carbocycles. The van der Waals surface area contributed by atoms with E-state index in [9.17, 15) is 18.0 Å². The molecule has 0 saturated heterocycles. The van der Waals surface area contributed by atoms with Crippen LogP contribution >= 0.6 is 0 Å². The van der Waals surface area contributed by atoms with Crippen molar-refractivity contribution in [2.24, 2.45) is 5.16 Å². The lowest BCUT2D eigenvalue weighted by Crippen LogP contribution is -2.26. The fourth-order valence-electron chi connectivity index (χ4n) is 1.63. The first-order valence-corrected chi connectivity index (χ1v) is 5.23. The summed E-state index contributed by atoms with van der Waals surface area (Å²) in [4.78, 5) is 15.7. The third kappa shape index (κ3) is 2.37. The first-order chi connectivity index (χ1) is 8.34. The standard InChI is InChI=1S/C12H10F3NO2/c1-11(7-17)6-10(16-18-11)8-2-4-9(5-3-8)12(13,14)15/h2-5,7H,6H2,1H3/t11-/m0/s1. The monoisotopic (exact) mass is 257 g/mol. The van der Waals surface area contributed by atoms with Gasteiger partial charge < -0.3 is 4.84 Å². The summed E-state index contributed by atoms with van der Waals surface area (Å²) in [6, 6.07) is 4.60. The van der Waals surface area contributed by atoms with E-state index in [1.165, 1.54) is 12.1 Å². The Balaban J connectivity index is 2.20. The Labute approximate surface area is 101 Å². The number of benzene rings is 1. The number of carbonyl (C=O) groups is 1. The van der Waals surface area contributed by atoms with Crippen LogP contribution in [0, 0.1) is 0 Å². The van der Waals surface area contributed by atoms with Crippen LogP contribution in [0.4, 0.5) is 13.2 Å².